The molecular weight excluding hydrogens is 436 g/mol. The quantitative estimate of drug-likeness (QED) is 0.465. The van der Waals surface area contributed by atoms with Crippen LogP contribution < -0.4 is 10.6 Å². The fourth-order valence-corrected chi connectivity index (χ4v) is 4.35. The van der Waals surface area contributed by atoms with Crippen LogP contribution in [0.2, 0.25) is 0 Å². The van der Waals surface area contributed by atoms with Crippen LogP contribution in [0.15, 0.2) is 48.5 Å². The molecule has 0 saturated heterocycles. The summed E-state index contributed by atoms with van der Waals surface area (Å²) in [6.45, 7) is 3.78. The molecule has 2 aromatic rings. The largest absolute Gasteiger partial charge is 0.479 e. The number of aliphatic carboxylic acids is 1. The van der Waals surface area contributed by atoms with Crippen molar-refractivity contribution < 1.29 is 29.0 Å². The highest BCUT2D eigenvalue weighted by atomic mass is 16.5. The van der Waals surface area contributed by atoms with E-state index in [-0.39, 0.29) is 44.4 Å². The lowest BCUT2D eigenvalue weighted by atomic mass is 9.96. The second-order valence-corrected chi connectivity index (χ2v) is 8.74. The zero-order valence-corrected chi connectivity index (χ0v) is 19.8. The second kappa shape index (κ2) is 11.2. The summed E-state index contributed by atoms with van der Waals surface area (Å²) in [6.07, 6.45) is -0.307. The molecule has 1 aliphatic rings. The van der Waals surface area contributed by atoms with E-state index in [1.54, 1.807) is 13.8 Å². The molecule has 0 fully saturated rings. The minimum atomic E-state index is -1.47. The Balaban J connectivity index is 1.49. The molecule has 2 unspecified atom stereocenters. The minimum Gasteiger partial charge on any atom is -0.479 e. The number of fused-ring (bicyclic) bond motifs is 3. The average molecular weight is 469 g/mol. The number of methoxy groups -OCH3 is 1. The Morgan fingerprint density at radius 1 is 1.06 bits per heavy atom. The van der Waals surface area contributed by atoms with E-state index >= 15 is 0 Å². The minimum absolute atomic E-state index is 0.0275. The van der Waals surface area contributed by atoms with E-state index in [2.05, 4.69) is 34.9 Å². The van der Waals surface area contributed by atoms with E-state index in [1.807, 2.05) is 24.3 Å². The molecule has 34 heavy (non-hydrogen) atoms. The summed E-state index contributed by atoms with van der Waals surface area (Å²) in [7, 11) is 1.39. The van der Waals surface area contributed by atoms with E-state index in [4.69, 9.17) is 9.47 Å². The fraction of sp³-hybridized carbons (Fsp3) is 0.423. The Labute approximate surface area is 199 Å². The van der Waals surface area contributed by atoms with Crippen LogP contribution in [0.4, 0.5) is 4.79 Å². The fourth-order valence-electron chi connectivity index (χ4n) is 4.35. The molecule has 0 spiro atoms. The Hall–Kier alpha value is -3.39. The monoisotopic (exact) mass is 468 g/mol. The Kier molecular flexibility index (Phi) is 8.28. The molecule has 3 N–H and O–H groups in total. The molecule has 2 amide bonds. The van der Waals surface area contributed by atoms with Gasteiger partial charge in [0.1, 0.15) is 6.61 Å². The molecule has 0 saturated carbocycles. The van der Waals surface area contributed by atoms with Crippen LogP contribution in [-0.2, 0) is 19.1 Å². The van der Waals surface area contributed by atoms with Crippen LogP contribution in [0.25, 0.3) is 11.1 Å². The molecule has 182 valence electrons. The highest BCUT2D eigenvalue weighted by Gasteiger charge is 2.38. The maximum atomic E-state index is 12.4. The topological polar surface area (TPSA) is 114 Å². The van der Waals surface area contributed by atoms with Gasteiger partial charge >= 0.3 is 12.1 Å². The first-order chi connectivity index (χ1) is 16.3. The van der Waals surface area contributed by atoms with Crippen LogP contribution in [0.5, 0.6) is 0 Å². The molecule has 0 aromatic heterocycles. The van der Waals surface area contributed by atoms with Gasteiger partial charge in [0, 0.05) is 26.0 Å². The van der Waals surface area contributed by atoms with Crippen molar-refractivity contribution in [2.75, 3.05) is 26.9 Å². The zero-order valence-electron chi connectivity index (χ0n) is 19.8. The van der Waals surface area contributed by atoms with Gasteiger partial charge in [-0.1, -0.05) is 62.4 Å². The average Bonchev–Trinajstić information content (AvgIpc) is 3.14. The number of carboxylic acid groups (broad SMARTS) is 1. The third-order valence-electron chi connectivity index (χ3n) is 6.25. The van der Waals surface area contributed by atoms with Gasteiger partial charge in [-0.05, 0) is 34.6 Å². The van der Waals surface area contributed by atoms with E-state index in [0.29, 0.717) is 0 Å². The maximum Gasteiger partial charge on any atom is 0.407 e. The lowest BCUT2D eigenvalue weighted by Crippen LogP contribution is -2.57. The normalized spacial score (nSPS) is 14.9. The van der Waals surface area contributed by atoms with Crippen molar-refractivity contribution in [3.8, 4) is 11.1 Å². The first-order valence-electron chi connectivity index (χ1n) is 11.4. The van der Waals surface area contributed by atoms with Gasteiger partial charge in [-0.15, -0.1) is 0 Å². The molecule has 3 rings (SSSR count). The Morgan fingerprint density at radius 3 is 2.18 bits per heavy atom. The second-order valence-electron chi connectivity index (χ2n) is 8.74. The number of carboxylic acids is 1. The summed E-state index contributed by atoms with van der Waals surface area (Å²) in [6, 6.07) is 16.2. The number of ether oxygens (including phenoxy) is 2. The molecule has 0 heterocycles. The van der Waals surface area contributed by atoms with Crippen molar-refractivity contribution in [2.45, 2.75) is 38.1 Å². The Morgan fingerprint density at radius 2 is 1.65 bits per heavy atom. The van der Waals surface area contributed by atoms with Crippen molar-refractivity contribution >= 4 is 18.0 Å². The first kappa shape index (κ1) is 25.2. The highest BCUT2D eigenvalue weighted by Crippen LogP contribution is 2.44. The number of nitrogens with one attached hydrogen (secondary N) is 2. The number of carbonyl (C=O) groups is 3. The van der Waals surface area contributed by atoms with Crippen LogP contribution in [0, 0.1) is 5.92 Å². The lowest BCUT2D eigenvalue weighted by Gasteiger charge is -2.29. The van der Waals surface area contributed by atoms with Gasteiger partial charge < -0.3 is 25.2 Å². The number of hydrogen-bond acceptors (Lipinski definition) is 5. The van der Waals surface area contributed by atoms with E-state index < -0.39 is 23.5 Å². The van der Waals surface area contributed by atoms with Crippen molar-refractivity contribution in [3.63, 3.8) is 0 Å². The van der Waals surface area contributed by atoms with Crippen LogP contribution >= 0.6 is 0 Å². The smallest absolute Gasteiger partial charge is 0.407 e. The molecule has 2 aromatic carbocycles. The molecule has 0 radical (unpaired) electrons. The van der Waals surface area contributed by atoms with Crippen LogP contribution in [-0.4, -0.2) is 55.5 Å². The third kappa shape index (κ3) is 5.56. The lowest BCUT2D eigenvalue weighted by molar-refractivity contribution is -0.150. The van der Waals surface area contributed by atoms with Gasteiger partial charge in [-0.25, -0.2) is 9.59 Å². The predicted molar refractivity (Wildman–Crippen MR) is 128 cm³/mol. The summed E-state index contributed by atoms with van der Waals surface area (Å²) in [5.41, 5.74) is 3.12. The van der Waals surface area contributed by atoms with Gasteiger partial charge in [-0.2, -0.15) is 0 Å². The Bertz CT molecular complexity index is 994. The van der Waals surface area contributed by atoms with E-state index in [1.165, 1.54) is 7.11 Å². The zero-order chi connectivity index (χ0) is 24.7. The summed E-state index contributed by atoms with van der Waals surface area (Å²) >= 11 is 0. The van der Waals surface area contributed by atoms with Gasteiger partial charge in [0.15, 0.2) is 5.54 Å². The number of carbonyl (C=O) groups excluding carboxylic acids is 2. The summed E-state index contributed by atoms with van der Waals surface area (Å²) in [5, 5.41) is 14.8. The van der Waals surface area contributed by atoms with Gasteiger partial charge in [-0.3, -0.25) is 4.79 Å². The van der Waals surface area contributed by atoms with Crippen LogP contribution in [0.3, 0.4) is 0 Å². The number of hydrogen-bond donors (Lipinski definition) is 3. The molecular formula is C26H32N2O6. The molecule has 8 nitrogen and oxygen atoms in total. The number of rotatable bonds is 11. The van der Waals surface area contributed by atoms with Gasteiger partial charge in [0.2, 0.25) is 5.91 Å². The standard InChI is InChI=1S/C26H32N2O6/c1-4-26(16-33-3,24(30)31)28-23(29)13-17(2)14-27-25(32)34-15-22-20-11-7-5-9-18(20)19-10-6-8-12-21(19)22/h5-12,17,22H,4,13-16H2,1-3H3,(H,27,32)(H,28,29)(H,30,31). The number of alkyl carbamates (subject to hydrolysis) is 1. The van der Waals surface area contributed by atoms with Crippen molar-refractivity contribution in [2.24, 2.45) is 5.92 Å². The first-order valence-corrected chi connectivity index (χ1v) is 11.4. The molecule has 1 aliphatic carbocycles. The predicted octanol–water partition coefficient (Wildman–Crippen LogP) is 3.55. The van der Waals surface area contributed by atoms with Crippen molar-refractivity contribution in [1.82, 2.24) is 10.6 Å². The number of amides is 2. The van der Waals surface area contributed by atoms with E-state index in [0.717, 1.165) is 22.3 Å². The van der Waals surface area contributed by atoms with Crippen LogP contribution in [0.1, 0.15) is 43.7 Å². The van der Waals surface area contributed by atoms with E-state index in [9.17, 15) is 19.5 Å². The molecule has 2 atom stereocenters. The molecule has 0 bridgehead atoms. The van der Waals surface area contributed by atoms with Crippen molar-refractivity contribution in [1.29, 1.82) is 0 Å². The maximum absolute atomic E-state index is 12.4. The van der Waals surface area contributed by atoms with Gasteiger partial charge in [0.05, 0.1) is 6.61 Å². The summed E-state index contributed by atoms with van der Waals surface area (Å²) in [4.78, 5) is 36.4. The summed E-state index contributed by atoms with van der Waals surface area (Å²) < 4.78 is 10.5. The summed E-state index contributed by atoms with van der Waals surface area (Å²) in [5.74, 6) is -1.80. The SMILES string of the molecule is CCC(COC)(NC(=O)CC(C)CNC(=O)OCC1c2ccccc2-c2ccccc21)C(=O)O. The van der Waals surface area contributed by atoms with Gasteiger partial charge in [0.25, 0.3) is 0 Å². The van der Waals surface area contributed by atoms with Crippen molar-refractivity contribution in [3.05, 3.63) is 59.7 Å². The highest BCUT2D eigenvalue weighted by molar-refractivity contribution is 5.87. The third-order valence-corrected chi connectivity index (χ3v) is 6.25. The number of benzene rings is 2. The molecule has 0 aliphatic heterocycles. The molecule has 8 heteroatoms.